The topological polar surface area (TPSA) is 60.9 Å². The van der Waals surface area contributed by atoms with Gasteiger partial charge in [-0.1, -0.05) is 13.0 Å². The Bertz CT molecular complexity index is 516. The van der Waals surface area contributed by atoms with E-state index in [4.69, 9.17) is 5.73 Å². The van der Waals surface area contributed by atoms with Crippen molar-refractivity contribution < 1.29 is 4.79 Å². The molecule has 0 bridgehead atoms. The van der Waals surface area contributed by atoms with Gasteiger partial charge in [0.15, 0.2) is 0 Å². The van der Waals surface area contributed by atoms with Crippen LogP contribution in [0.2, 0.25) is 0 Å². The molecule has 82 valence electrons. The zero-order valence-electron chi connectivity index (χ0n) is 9.05. The molecule has 2 N–H and O–H groups in total. The van der Waals surface area contributed by atoms with Crippen molar-refractivity contribution in [3.05, 3.63) is 48.0 Å². The average Bonchev–Trinajstić information content (AvgIpc) is 2.76. The highest BCUT2D eigenvalue weighted by Gasteiger charge is 2.11. The molecule has 2 aromatic rings. The van der Waals surface area contributed by atoms with Gasteiger partial charge in [0, 0.05) is 30.1 Å². The lowest BCUT2D eigenvalue weighted by Crippen LogP contribution is -2.14. The maximum Gasteiger partial charge on any atom is 0.263 e. The SMILES string of the molecule is CCc1nccn1C(=O)c1cccc(N)c1. The van der Waals surface area contributed by atoms with E-state index in [9.17, 15) is 4.79 Å². The highest BCUT2D eigenvalue weighted by Crippen LogP contribution is 2.10. The second-order valence-electron chi connectivity index (χ2n) is 3.50. The number of carbonyl (C=O) groups is 1. The van der Waals surface area contributed by atoms with Gasteiger partial charge in [0.05, 0.1) is 0 Å². The first-order valence-electron chi connectivity index (χ1n) is 5.15. The summed E-state index contributed by atoms with van der Waals surface area (Å²) < 4.78 is 1.55. The van der Waals surface area contributed by atoms with E-state index in [-0.39, 0.29) is 5.91 Å². The van der Waals surface area contributed by atoms with Crippen LogP contribution in [0.15, 0.2) is 36.7 Å². The van der Waals surface area contributed by atoms with Crippen molar-refractivity contribution in [2.24, 2.45) is 0 Å². The fourth-order valence-corrected chi connectivity index (χ4v) is 1.59. The third-order valence-electron chi connectivity index (χ3n) is 2.39. The molecule has 4 nitrogen and oxygen atoms in total. The fourth-order valence-electron chi connectivity index (χ4n) is 1.59. The summed E-state index contributed by atoms with van der Waals surface area (Å²) in [4.78, 5) is 16.2. The summed E-state index contributed by atoms with van der Waals surface area (Å²) in [5, 5.41) is 0. The highest BCUT2D eigenvalue weighted by molar-refractivity contribution is 5.96. The van der Waals surface area contributed by atoms with Gasteiger partial charge in [0.25, 0.3) is 5.91 Å². The van der Waals surface area contributed by atoms with E-state index >= 15 is 0 Å². The van der Waals surface area contributed by atoms with Crippen molar-refractivity contribution >= 4 is 11.6 Å². The number of nitrogen functional groups attached to an aromatic ring is 1. The van der Waals surface area contributed by atoms with Crippen LogP contribution in [-0.2, 0) is 6.42 Å². The second-order valence-corrected chi connectivity index (χ2v) is 3.50. The molecule has 1 aromatic heterocycles. The summed E-state index contributed by atoms with van der Waals surface area (Å²) in [7, 11) is 0. The minimum Gasteiger partial charge on any atom is -0.399 e. The number of aryl methyl sites for hydroxylation is 1. The Morgan fingerprint density at radius 1 is 1.50 bits per heavy atom. The Labute approximate surface area is 93.7 Å². The lowest BCUT2D eigenvalue weighted by atomic mass is 10.2. The summed E-state index contributed by atoms with van der Waals surface area (Å²) in [5.74, 6) is 0.661. The summed E-state index contributed by atoms with van der Waals surface area (Å²) in [6.45, 7) is 1.96. The first-order chi connectivity index (χ1) is 7.72. The molecule has 16 heavy (non-hydrogen) atoms. The normalized spacial score (nSPS) is 10.3. The van der Waals surface area contributed by atoms with Crippen molar-refractivity contribution in [3.8, 4) is 0 Å². The van der Waals surface area contributed by atoms with E-state index in [1.807, 2.05) is 6.92 Å². The largest absolute Gasteiger partial charge is 0.399 e. The molecule has 0 atom stereocenters. The van der Waals surface area contributed by atoms with Crippen LogP contribution >= 0.6 is 0 Å². The number of nitrogens with zero attached hydrogens (tertiary/aromatic N) is 2. The molecule has 0 amide bonds. The Hall–Kier alpha value is -2.10. The van der Waals surface area contributed by atoms with Crippen molar-refractivity contribution in [3.63, 3.8) is 0 Å². The number of hydrogen-bond acceptors (Lipinski definition) is 3. The van der Waals surface area contributed by atoms with Gasteiger partial charge in [-0.05, 0) is 18.2 Å². The van der Waals surface area contributed by atoms with Gasteiger partial charge in [-0.15, -0.1) is 0 Å². The maximum absolute atomic E-state index is 12.1. The lowest BCUT2D eigenvalue weighted by molar-refractivity contribution is 0.0957. The van der Waals surface area contributed by atoms with Gasteiger partial charge in [0.1, 0.15) is 5.82 Å². The molecule has 0 aliphatic rings. The zero-order valence-corrected chi connectivity index (χ0v) is 9.05. The minimum absolute atomic E-state index is 0.0957. The molecule has 0 fully saturated rings. The molecule has 0 saturated carbocycles. The Morgan fingerprint density at radius 3 is 3.00 bits per heavy atom. The minimum atomic E-state index is -0.0957. The number of anilines is 1. The number of imidazole rings is 1. The van der Waals surface area contributed by atoms with E-state index in [2.05, 4.69) is 4.98 Å². The highest BCUT2D eigenvalue weighted by atomic mass is 16.2. The van der Waals surface area contributed by atoms with Crippen LogP contribution in [0, 0.1) is 0 Å². The standard InChI is InChI=1S/C12H13N3O/c1-2-11-14-6-7-15(11)12(16)9-4-3-5-10(13)8-9/h3-8H,2,13H2,1H3. The van der Waals surface area contributed by atoms with Crippen LogP contribution in [0.5, 0.6) is 0 Å². The summed E-state index contributed by atoms with van der Waals surface area (Å²) >= 11 is 0. The molecule has 0 saturated heterocycles. The van der Waals surface area contributed by atoms with Crippen LogP contribution < -0.4 is 5.73 Å². The molecular weight excluding hydrogens is 202 g/mol. The van der Waals surface area contributed by atoms with E-state index in [0.717, 1.165) is 12.2 Å². The summed E-state index contributed by atoms with van der Waals surface area (Å²) in [6, 6.07) is 6.94. The van der Waals surface area contributed by atoms with Crippen LogP contribution in [0.3, 0.4) is 0 Å². The molecular formula is C12H13N3O. The van der Waals surface area contributed by atoms with Crippen molar-refractivity contribution in [2.75, 3.05) is 5.73 Å². The molecule has 4 heteroatoms. The Morgan fingerprint density at radius 2 is 2.31 bits per heavy atom. The third-order valence-corrected chi connectivity index (χ3v) is 2.39. The van der Waals surface area contributed by atoms with Crippen LogP contribution in [-0.4, -0.2) is 15.5 Å². The van der Waals surface area contributed by atoms with Crippen molar-refractivity contribution in [1.82, 2.24) is 9.55 Å². The van der Waals surface area contributed by atoms with E-state index in [1.54, 1.807) is 41.2 Å². The van der Waals surface area contributed by atoms with Crippen LogP contribution in [0.1, 0.15) is 23.1 Å². The van der Waals surface area contributed by atoms with Gasteiger partial charge in [-0.3, -0.25) is 9.36 Å². The second kappa shape index (κ2) is 4.18. The van der Waals surface area contributed by atoms with E-state index in [1.165, 1.54) is 0 Å². The maximum atomic E-state index is 12.1. The van der Waals surface area contributed by atoms with Gasteiger partial charge in [-0.2, -0.15) is 0 Å². The molecule has 1 heterocycles. The lowest BCUT2D eigenvalue weighted by Gasteiger charge is -2.05. The smallest absolute Gasteiger partial charge is 0.263 e. The summed E-state index contributed by atoms with van der Waals surface area (Å²) in [5.41, 5.74) is 6.81. The predicted molar refractivity (Wildman–Crippen MR) is 62.2 cm³/mol. The Balaban J connectivity index is 2.39. The number of carbonyl (C=O) groups excluding carboxylic acids is 1. The van der Waals surface area contributed by atoms with E-state index < -0.39 is 0 Å². The number of aromatic nitrogens is 2. The number of nitrogens with two attached hydrogens (primary N) is 1. The molecule has 0 spiro atoms. The molecule has 0 radical (unpaired) electrons. The van der Waals surface area contributed by atoms with E-state index in [0.29, 0.717) is 11.3 Å². The average molecular weight is 215 g/mol. The predicted octanol–water partition coefficient (Wildman–Crippen LogP) is 1.72. The molecule has 0 aliphatic heterocycles. The van der Waals surface area contributed by atoms with Crippen molar-refractivity contribution in [2.45, 2.75) is 13.3 Å². The van der Waals surface area contributed by atoms with Crippen LogP contribution in [0.25, 0.3) is 0 Å². The molecule has 0 aliphatic carbocycles. The van der Waals surface area contributed by atoms with Gasteiger partial charge in [-0.25, -0.2) is 4.98 Å². The monoisotopic (exact) mass is 215 g/mol. The van der Waals surface area contributed by atoms with Gasteiger partial charge < -0.3 is 5.73 Å². The summed E-state index contributed by atoms with van der Waals surface area (Å²) in [6.07, 6.45) is 4.02. The number of hydrogen-bond donors (Lipinski definition) is 1. The van der Waals surface area contributed by atoms with Crippen molar-refractivity contribution in [1.29, 1.82) is 0 Å². The first-order valence-corrected chi connectivity index (χ1v) is 5.15. The molecule has 2 rings (SSSR count). The number of benzene rings is 1. The number of rotatable bonds is 2. The van der Waals surface area contributed by atoms with Gasteiger partial charge >= 0.3 is 0 Å². The fraction of sp³-hybridized carbons (Fsp3) is 0.167. The quantitative estimate of drug-likeness (QED) is 0.776. The first kappa shape index (κ1) is 10.4. The van der Waals surface area contributed by atoms with Gasteiger partial charge in [0.2, 0.25) is 0 Å². The third kappa shape index (κ3) is 1.82. The molecule has 1 aromatic carbocycles. The van der Waals surface area contributed by atoms with Crippen LogP contribution in [0.4, 0.5) is 5.69 Å². The zero-order chi connectivity index (χ0) is 11.5. The molecule has 0 unspecified atom stereocenters. The Kier molecular flexibility index (Phi) is 2.72.